The van der Waals surface area contributed by atoms with E-state index < -0.39 is 0 Å². The fourth-order valence-electron chi connectivity index (χ4n) is 3.59. The number of benzene rings is 2. The van der Waals surface area contributed by atoms with Gasteiger partial charge in [0, 0.05) is 30.9 Å². The van der Waals surface area contributed by atoms with Crippen LogP contribution >= 0.6 is 0 Å². The Morgan fingerprint density at radius 2 is 1.77 bits per heavy atom. The molecule has 1 aliphatic rings. The van der Waals surface area contributed by atoms with Crippen molar-refractivity contribution in [3.05, 3.63) is 71.8 Å². The molecule has 3 aromatic rings. The van der Waals surface area contributed by atoms with Crippen LogP contribution in [0.15, 0.2) is 60.7 Å². The topological polar surface area (TPSA) is 70.2 Å². The van der Waals surface area contributed by atoms with Gasteiger partial charge in [0.2, 0.25) is 0 Å². The van der Waals surface area contributed by atoms with Crippen LogP contribution in [0.3, 0.4) is 0 Å². The number of hydrogen-bond acceptors (Lipinski definition) is 4. The standard InChI is InChI=1S/C24H27N5O/c1-18-8-10-19(11-9-18)17-25-24(30)26-21-7-5-6-20(16-21)22-12-13-23(28-27-22)29-14-3-2-4-15-29/h5-13,16H,2-4,14-15,17H2,1H3,(H2,25,26,30). The van der Waals surface area contributed by atoms with Gasteiger partial charge in [0.05, 0.1) is 5.69 Å². The van der Waals surface area contributed by atoms with Gasteiger partial charge >= 0.3 is 6.03 Å². The minimum atomic E-state index is -0.237. The molecule has 4 rings (SSSR count). The number of nitrogens with zero attached hydrogens (tertiary/aromatic N) is 3. The van der Waals surface area contributed by atoms with Gasteiger partial charge in [0.1, 0.15) is 0 Å². The van der Waals surface area contributed by atoms with Crippen molar-refractivity contribution in [2.75, 3.05) is 23.3 Å². The third-order valence-electron chi connectivity index (χ3n) is 5.32. The summed E-state index contributed by atoms with van der Waals surface area (Å²) in [5.41, 5.74) is 4.69. The molecule has 2 heterocycles. The summed E-state index contributed by atoms with van der Waals surface area (Å²) < 4.78 is 0. The van der Waals surface area contributed by atoms with Crippen molar-refractivity contribution >= 4 is 17.5 Å². The zero-order valence-corrected chi connectivity index (χ0v) is 17.3. The lowest BCUT2D eigenvalue weighted by Gasteiger charge is -2.27. The van der Waals surface area contributed by atoms with E-state index in [1.165, 1.54) is 24.8 Å². The molecule has 1 saturated heterocycles. The smallest absolute Gasteiger partial charge is 0.319 e. The van der Waals surface area contributed by atoms with Crippen LogP contribution in [-0.4, -0.2) is 29.3 Å². The van der Waals surface area contributed by atoms with Crippen LogP contribution in [0.25, 0.3) is 11.3 Å². The normalized spacial score (nSPS) is 13.7. The molecule has 6 nitrogen and oxygen atoms in total. The Balaban J connectivity index is 1.37. The van der Waals surface area contributed by atoms with Crippen molar-refractivity contribution in [1.29, 1.82) is 0 Å². The Bertz CT molecular complexity index is 979. The molecule has 30 heavy (non-hydrogen) atoms. The molecule has 0 radical (unpaired) electrons. The molecule has 1 fully saturated rings. The molecule has 0 bridgehead atoms. The molecule has 0 saturated carbocycles. The number of rotatable bonds is 5. The van der Waals surface area contributed by atoms with Gasteiger partial charge in [-0.05, 0) is 56.0 Å². The van der Waals surface area contributed by atoms with Crippen molar-refractivity contribution in [2.45, 2.75) is 32.7 Å². The summed E-state index contributed by atoms with van der Waals surface area (Å²) in [4.78, 5) is 14.6. The molecule has 0 spiro atoms. The van der Waals surface area contributed by atoms with Crippen molar-refractivity contribution in [3.8, 4) is 11.3 Å². The van der Waals surface area contributed by atoms with Crippen molar-refractivity contribution < 1.29 is 4.79 Å². The number of carbonyl (C=O) groups excluding carboxylic acids is 1. The number of nitrogens with one attached hydrogen (secondary N) is 2. The first-order chi connectivity index (χ1) is 14.7. The summed E-state index contributed by atoms with van der Waals surface area (Å²) >= 11 is 0. The molecule has 0 aliphatic carbocycles. The number of urea groups is 1. The monoisotopic (exact) mass is 401 g/mol. The lowest BCUT2D eigenvalue weighted by Crippen LogP contribution is -2.30. The Morgan fingerprint density at radius 3 is 2.50 bits per heavy atom. The Kier molecular flexibility index (Phi) is 6.23. The van der Waals surface area contributed by atoms with Crippen LogP contribution in [0.4, 0.5) is 16.3 Å². The van der Waals surface area contributed by atoms with Crippen molar-refractivity contribution in [2.24, 2.45) is 0 Å². The molecule has 1 aromatic heterocycles. The maximum absolute atomic E-state index is 12.3. The number of anilines is 2. The van der Waals surface area contributed by atoms with Gasteiger partial charge in [-0.25, -0.2) is 4.79 Å². The fraction of sp³-hybridized carbons (Fsp3) is 0.292. The minimum Gasteiger partial charge on any atom is -0.355 e. The van der Waals surface area contributed by atoms with Crippen LogP contribution in [0, 0.1) is 6.92 Å². The predicted molar refractivity (Wildman–Crippen MR) is 121 cm³/mol. The van der Waals surface area contributed by atoms with Crippen LogP contribution in [0.1, 0.15) is 30.4 Å². The summed E-state index contributed by atoms with van der Waals surface area (Å²) in [5.74, 6) is 0.934. The molecule has 2 aromatic carbocycles. The van der Waals surface area contributed by atoms with Crippen LogP contribution in [-0.2, 0) is 6.54 Å². The van der Waals surface area contributed by atoms with E-state index in [9.17, 15) is 4.79 Å². The average Bonchev–Trinajstić information content (AvgIpc) is 2.80. The molecule has 1 aliphatic heterocycles. The van der Waals surface area contributed by atoms with E-state index in [4.69, 9.17) is 0 Å². The Labute approximate surface area is 177 Å². The first-order valence-electron chi connectivity index (χ1n) is 10.5. The zero-order chi connectivity index (χ0) is 20.8. The zero-order valence-electron chi connectivity index (χ0n) is 17.3. The van der Waals surface area contributed by atoms with Crippen molar-refractivity contribution in [1.82, 2.24) is 15.5 Å². The molecular weight excluding hydrogens is 374 g/mol. The number of carbonyl (C=O) groups is 1. The van der Waals surface area contributed by atoms with Gasteiger partial charge in [0.15, 0.2) is 5.82 Å². The first kappa shape index (κ1) is 19.9. The molecule has 6 heteroatoms. The predicted octanol–water partition coefficient (Wildman–Crippen LogP) is 4.76. The molecule has 0 unspecified atom stereocenters. The van der Waals surface area contributed by atoms with Gasteiger partial charge in [-0.1, -0.05) is 42.0 Å². The van der Waals surface area contributed by atoms with Crippen LogP contribution in [0.2, 0.25) is 0 Å². The largest absolute Gasteiger partial charge is 0.355 e. The van der Waals surface area contributed by atoms with E-state index in [0.29, 0.717) is 6.54 Å². The second kappa shape index (κ2) is 9.39. The number of hydrogen-bond donors (Lipinski definition) is 2. The summed E-state index contributed by atoms with van der Waals surface area (Å²) in [6.45, 7) is 4.62. The SMILES string of the molecule is Cc1ccc(CNC(=O)Nc2cccc(-c3ccc(N4CCCCC4)nn3)c2)cc1. The van der Waals surface area contributed by atoms with Gasteiger partial charge < -0.3 is 15.5 Å². The lowest BCUT2D eigenvalue weighted by molar-refractivity contribution is 0.251. The fourth-order valence-corrected chi connectivity index (χ4v) is 3.59. The minimum absolute atomic E-state index is 0.237. The molecule has 0 atom stereocenters. The number of aromatic nitrogens is 2. The number of piperidine rings is 1. The van der Waals surface area contributed by atoms with Crippen molar-refractivity contribution in [3.63, 3.8) is 0 Å². The van der Waals surface area contributed by atoms with E-state index in [-0.39, 0.29) is 6.03 Å². The Hall–Kier alpha value is -3.41. The second-order valence-electron chi connectivity index (χ2n) is 7.70. The quantitative estimate of drug-likeness (QED) is 0.646. The summed E-state index contributed by atoms with van der Waals surface area (Å²) in [6.07, 6.45) is 3.71. The summed E-state index contributed by atoms with van der Waals surface area (Å²) in [6, 6.07) is 19.6. The van der Waals surface area contributed by atoms with E-state index in [0.717, 1.165) is 41.4 Å². The third kappa shape index (κ3) is 5.14. The first-order valence-corrected chi connectivity index (χ1v) is 10.5. The lowest BCUT2D eigenvalue weighted by atomic mass is 10.1. The van der Waals surface area contributed by atoms with Crippen LogP contribution in [0.5, 0.6) is 0 Å². The van der Waals surface area contributed by atoms with E-state index in [1.54, 1.807) is 0 Å². The second-order valence-corrected chi connectivity index (χ2v) is 7.70. The number of aryl methyl sites for hydroxylation is 1. The number of amides is 2. The highest BCUT2D eigenvalue weighted by Gasteiger charge is 2.13. The third-order valence-corrected chi connectivity index (χ3v) is 5.32. The average molecular weight is 402 g/mol. The van der Waals surface area contributed by atoms with Gasteiger partial charge in [-0.15, -0.1) is 10.2 Å². The Morgan fingerprint density at radius 1 is 0.967 bits per heavy atom. The molecular formula is C24H27N5O. The molecule has 154 valence electrons. The highest BCUT2D eigenvalue weighted by molar-refractivity contribution is 5.90. The van der Waals surface area contributed by atoms with Gasteiger partial charge in [-0.2, -0.15) is 0 Å². The summed E-state index contributed by atoms with van der Waals surface area (Å²) in [5, 5.41) is 14.6. The highest BCUT2D eigenvalue weighted by atomic mass is 16.2. The van der Waals surface area contributed by atoms with E-state index in [1.807, 2.05) is 67.6 Å². The summed E-state index contributed by atoms with van der Waals surface area (Å²) in [7, 11) is 0. The molecule has 2 amide bonds. The van der Waals surface area contributed by atoms with E-state index in [2.05, 4.69) is 25.7 Å². The van der Waals surface area contributed by atoms with Gasteiger partial charge in [0.25, 0.3) is 0 Å². The van der Waals surface area contributed by atoms with E-state index >= 15 is 0 Å². The maximum atomic E-state index is 12.3. The highest BCUT2D eigenvalue weighted by Crippen LogP contribution is 2.23. The van der Waals surface area contributed by atoms with Gasteiger partial charge in [-0.3, -0.25) is 0 Å². The molecule has 2 N–H and O–H groups in total. The van der Waals surface area contributed by atoms with Crippen LogP contribution < -0.4 is 15.5 Å². The maximum Gasteiger partial charge on any atom is 0.319 e.